The Labute approximate surface area is 120 Å². The van der Waals surface area contributed by atoms with Gasteiger partial charge in [-0.25, -0.2) is 4.79 Å². The molecule has 2 N–H and O–H groups in total. The molecule has 1 unspecified atom stereocenters. The predicted molar refractivity (Wildman–Crippen MR) is 72.5 cm³/mol. The number of nitrogens with two attached hydrogens (primary N) is 1. The maximum Gasteiger partial charge on any atom is 0.341 e. The van der Waals surface area contributed by atoms with Crippen LogP contribution >= 0.6 is 47.4 Å². The van der Waals surface area contributed by atoms with Crippen LogP contribution in [0.5, 0.6) is 0 Å². The molecule has 0 saturated heterocycles. The number of hydrogen-bond donors (Lipinski definition) is 2. The zero-order valence-electron chi connectivity index (χ0n) is 8.57. The number of carbonyl (C=O) groups is 1. The number of esters is 1. The molecule has 1 atom stereocenters. The van der Waals surface area contributed by atoms with E-state index in [0.717, 1.165) is 0 Å². The normalized spacial score (nSPS) is 15.1. The number of ether oxygens (including phenoxy) is 1. The standard InChI is InChI=1S/C10H10Cl3NO2S/c11-9(12,13)6-16-8(15)10(14,17)7-4-2-1-3-5-7/h1-5,17H,6,14H2. The zero-order valence-corrected chi connectivity index (χ0v) is 11.7. The van der Waals surface area contributed by atoms with Gasteiger partial charge in [-0.1, -0.05) is 65.1 Å². The second kappa shape index (κ2) is 5.67. The van der Waals surface area contributed by atoms with Crippen LogP contribution in [0, 0.1) is 0 Å². The molecule has 1 rings (SSSR count). The highest BCUT2D eigenvalue weighted by Crippen LogP contribution is 2.29. The van der Waals surface area contributed by atoms with E-state index in [-0.39, 0.29) is 6.61 Å². The lowest BCUT2D eigenvalue weighted by Crippen LogP contribution is -2.41. The van der Waals surface area contributed by atoms with E-state index in [4.69, 9.17) is 45.3 Å². The monoisotopic (exact) mass is 313 g/mol. The summed E-state index contributed by atoms with van der Waals surface area (Å²) in [5.74, 6) is -0.779. The van der Waals surface area contributed by atoms with Gasteiger partial charge < -0.3 is 10.5 Å². The summed E-state index contributed by atoms with van der Waals surface area (Å²) in [5.41, 5.74) is 6.27. The lowest BCUT2D eigenvalue weighted by Gasteiger charge is -2.23. The maximum absolute atomic E-state index is 11.7. The van der Waals surface area contributed by atoms with Crippen LogP contribution in [0.4, 0.5) is 0 Å². The van der Waals surface area contributed by atoms with E-state index < -0.39 is 14.6 Å². The molecule has 0 amide bonds. The molecular weight excluding hydrogens is 305 g/mol. The third-order valence-corrected chi connectivity index (χ3v) is 2.66. The van der Waals surface area contributed by atoms with Gasteiger partial charge in [-0.3, -0.25) is 0 Å². The van der Waals surface area contributed by atoms with Gasteiger partial charge in [0.15, 0.2) is 4.87 Å². The van der Waals surface area contributed by atoms with Crippen LogP contribution in [-0.4, -0.2) is 16.4 Å². The van der Waals surface area contributed by atoms with Crippen LogP contribution in [0.2, 0.25) is 0 Å². The number of rotatable bonds is 3. The SMILES string of the molecule is NC(S)(C(=O)OCC(Cl)(Cl)Cl)c1ccccc1. The van der Waals surface area contributed by atoms with Crippen molar-refractivity contribution in [1.29, 1.82) is 0 Å². The van der Waals surface area contributed by atoms with Gasteiger partial charge in [0, 0.05) is 0 Å². The van der Waals surface area contributed by atoms with Gasteiger partial charge in [0.05, 0.1) is 0 Å². The Morgan fingerprint density at radius 1 is 1.29 bits per heavy atom. The molecule has 0 heterocycles. The number of hydrogen-bond acceptors (Lipinski definition) is 4. The van der Waals surface area contributed by atoms with Crippen molar-refractivity contribution in [2.24, 2.45) is 5.73 Å². The van der Waals surface area contributed by atoms with Gasteiger partial charge in [-0.15, -0.1) is 12.6 Å². The molecular formula is C10H10Cl3NO2S. The second-order valence-corrected chi connectivity index (χ2v) is 6.55. The third-order valence-electron chi connectivity index (χ3n) is 1.89. The van der Waals surface area contributed by atoms with Gasteiger partial charge in [0.25, 0.3) is 0 Å². The predicted octanol–water partition coefficient (Wildman–Crippen LogP) is 2.64. The van der Waals surface area contributed by atoms with E-state index in [0.29, 0.717) is 5.56 Å². The fourth-order valence-corrected chi connectivity index (χ4v) is 1.44. The smallest absolute Gasteiger partial charge is 0.341 e. The highest BCUT2D eigenvalue weighted by Gasteiger charge is 2.35. The summed E-state index contributed by atoms with van der Waals surface area (Å²) in [6.07, 6.45) is 0. The lowest BCUT2D eigenvalue weighted by atomic mass is 10.1. The Bertz CT molecular complexity index is 392. The summed E-state index contributed by atoms with van der Waals surface area (Å²) in [6.45, 7) is -0.386. The molecule has 0 aliphatic carbocycles. The molecule has 0 radical (unpaired) electrons. The molecule has 3 nitrogen and oxygen atoms in total. The van der Waals surface area contributed by atoms with Gasteiger partial charge in [-0.05, 0) is 5.56 Å². The van der Waals surface area contributed by atoms with Crippen molar-refractivity contribution in [2.75, 3.05) is 6.61 Å². The minimum Gasteiger partial charge on any atom is -0.459 e. The molecule has 0 bridgehead atoms. The minimum absolute atomic E-state index is 0.386. The first-order valence-electron chi connectivity index (χ1n) is 4.54. The number of carbonyl (C=O) groups excluding carboxylic acids is 1. The summed E-state index contributed by atoms with van der Waals surface area (Å²) in [4.78, 5) is 10.1. The van der Waals surface area contributed by atoms with Crippen molar-refractivity contribution >= 4 is 53.4 Å². The van der Waals surface area contributed by atoms with E-state index in [1.165, 1.54) is 0 Å². The Morgan fingerprint density at radius 2 is 1.82 bits per heavy atom. The van der Waals surface area contributed by atoms with E-state index in [1.54, 1.807) is 30.3 Å². The van der Waals surface area contributed by atoms with Crippen molar-refractivity contribution in [3.63, 3.8) is 0 Å². The van der Waals surface area contributed by atoms with Crippen molar-refractivity contribution in [3.8, 4) is 0 Å². The highest BCUT2D eigenvalue weighted by molar-refractivity contribution is 7.82. The first-order valence-corrected chi connectivity index (χ1v) is 6.12. The number of alkyl halides is 3. The fraction of sp³-hybridized carbons (Fsp3) is 0.300. The van der Waals surface area contributed by atoms with Crippen LogP contribution < -0.4 is 5.73 Å². The second-order valence-electron chi connectivity index (χ2n) is 3.32. The van der Waals surface area contributed by atoms with E-state index in [9.17, 15) is 4.79 Å². The van der Waals surface area contributed by atoms with Crippen molar-refractivity contribution < 1.29 is 9.53 Å². The molecule has 0 aliphatic rings. The van der Waals surface area contributed by atoms with Crippen molar-refractivity contribution in [2.45, 2.75) is 8.66 Å². The largest absolute Gasteiger partial charge is 0.459 e. The minimum atomic E-state index is -1.67. The van der Waals surface area contributed by atoms with Crippen LogP contribution in [0.3, 0.4) is 0 Å². The first kappa shape index (κ1) is 14.9. The molecule has 0 aromatic heterocycles. The van der Waals surface area contributed by atoms with Gasteiger partial charge >= 0.3 is 5.97 Å². The quantitative estimate of drug-likeness (QED) is 0.390. The van der Waals surface area contributed by atoms with Gasteiger partial charge in [0.2, 0.25) is 3.79 Å². The highest BCUT2D eigenvalue weighted by atomic mass is 35.6. The summed E-state index contributed by atoms with van der Waals surface area (Å²) < 4.78 is 3.12. The zero-order chi connectivity index (χ0) is 13.1. The number of halogens is 3. The Balaban J connectivity index is 2.74. The summed E-state index contributed by atoms with van der Waals surface area (Å²) in [7, 11) is 0. The molecule has 0 aliphatic heterocycles. The molecule has 0 spiro atoms. The summed E-state index contributed by atoms with van der Waals surface area (Å²) >= 11 is 20.5. The molecule has 0 saturated carbocycles. The molecule has 94 valence electrons. The van der Waals surface area contributed by atoms with Crippen LogP contribution in [0.25, 0.3) is 0 Å². The first-order chi connectivity index (χ1) is 7.73. The summed E-state index contributed by atoms with van der Waals surface area (Å²) in [5, 5.41) is 0. The van der Waals surface area contributed by atoms with E-state index >= 15 is 0 Å². The average Bonchev–Trinajstić information content (AvgIpc) is 2.26. The van der Waals surface area contributed by atoms with Gasteiger partial charge in [0.1, 0.15) is 6.61 Å². The van der Waals surface area contributed by atoms with Crippen LogP contribution in [0.15, 0.2) is 30.3 Å². The molecule has 0 fully saturated rings. The molecule has 1 aromatic rings. The topological polar surface area (TPSA) is 52.3 Å². The maximum atomic E-state index is 11.7. The molecule has 1 aromatic carbocycles. The molecule has 17 heavy (non-hydrogen) atoms. The fourth-order valence-electron chi connectivity index (χ4n) is 1.07. The van der Waals surface area contributed by atoms with Crippen LogP contribution in [0.1, 0.15) is 5.56 Å². The molecule has 7 heteroatoms. The Kier molecular flexibility index (Phi) is 4.98. The van der Waals surface area contributed by atoms with E-state index in [2.05, 4.69) is 12.6 Å². The third kappa shape index (κ3) is 4.56. The lowest BCUT2D eigenvalue weighted by molar-refractivity contribution is -0.146. The van der Waals surface area contributed by atoms with Gasteiger partial charge in [-0.2, -0.15) is 0 Å². The van der Waals surface area contributed by atoms with Crippen molar-refractivity contribution in [3.05, 3.63) is 35.9 Å². The van der Waals surface area contributed by atoms with Crippen molar-refractivity contribution in [1.82, 2.24) is 0 Å². The Hall–Kier alpha value is -0.130. The average molecular weight is 315 g/mol. The van der Waals surface area contributed by atoms with E-state index in [1.807, 2.05) is 0 Å². The number of thiol groups is 1. The number of benzene rings is 1. The van der Waals surface area contributed by atoms with Crippen LogP contribution in [-0.2, 0) is 14.4 Å². The Morgan fingerprint density at radius 3 is 2.29 bits per heavy atom. The summed E-state index contributed by atoms with van der Waals surface area (Å²) in [6, 6.07) is 8.57.